The Morgan fingerprint density at radius 2 is 2.22 bits per heavy atom. The first-order valence-corrected chi connectivity index (χ1v) is 8.23. The van der Waals surface area contributed by atoms with Crippen LogP contribution in [0.5, 0.6) is 0 Å². The third kappa shape index (κ3) is 2.48. The van der Waals surface area contributed by atoms with E-state index in [-0.39, 0.29) is 16.7 Å². The molecular formula is C20H24O3. The molecule has 4 atom stereocenters. The Hall–Kier alpha value is -2.03. The van der Waals surface area contributed by atoms with Crippen LogP contribution in [0.1, 0.15) is 39.4 Å². The molecule has 3 heteroatoms. The fraction of sp³-hybridized carbons (Fsp3) is 0.450. The molecule has 0 spiro atoms. The number of aliphatic carboxylic acids is 1. The van der Waals surface area contributed by atoms with Gasteiger partial charge in [0.1, 0.15) is 5.76 Å². The minimum absolute atomic E-state index is 0.106. The van der Waals surface area contributed by atoms with E-state index in [4.69, 9.17) is 4.42 Å². The molecule has 0 bridgehead atoms. The van der Waals surface area contributed by atoms with Gasteiger partial charge >= 0.3 is 5.97 Å². The molecule has 0 saturated heterocycles. The van der Waals surface area contributed by atoms with Gasteiger partial charge in [0.05, 0.1) is 6.26 Å². The molecular weight excluding hydrogens is 288 g/mol. The quantitative estimate of drug-likeness (QED) is 0.860. The van der Waals surface area contributed by atoms with Crippen LogP contribution in [0.25, 0.3) is 6.08 Å². The Bertz CT molecular complexity index is 680. The molecule has 0 amide bonds. The van der Waals surface area contributed by atoms with Gasteiger partial charge in [-0.15, -0.1) is 0 Å². The van der Waals surface area contributed by atoms with Gasteiger partial charge in [0.25, 0.3) is 0 Å². The number of carbonyl (C=O) groups is 1. The Morgan fingerprint density at radius 1 is 1.43 bits per heavy atom. The van der Waals surface area contributed by atoms with Gasteiger partial charge in [0, 0.05) is 11.0 Å². The van der Waals surface area contributed by atoms with Gasteiger partial charge < -0.3 is 9.52 Å². The molecule has 1 fully saturated rings. The molecule has 1 N–H and O–H groups in total. The monoisotopic (exact) mass is 312 g/mol. The molecule has 2 aliphatic carbocycles. The average molecular weight is 312 g/mol. The maximum atomic E-state index is 11.7. The SMILES string of the molecule is C[C@@H]1CC[C@@]2(C)C(C(=O)O)=CC=C[C@@H]2[C@]1(C)C=Cc1ccco1. The van der Waals surface area contributed by atoms with Gasteiger partial charge in [-0.2, -0.15) is 0 Å². The Balaban J connectivity index is 2.01. The van der Waals surface area contributed by atoms with E-state index >= 15 is 0 Å². The smallest absolute Gasteiger partial charge is 0.332 e. The molecule has 23 heavy (non-hydrogen) atoms. The lowest BCUT2D eigenvalue weighted by Gasteiger charge is -2.54. The number of carboxylic acid groups (broad SMARTS) is 1. The summed E-state index contributed by atoms with van der Waals surface area (Å²) >= 11 is 0. The van der Waals surface area contributed by atoms with Gasteiger partial charge in [-0.3, -0.25) is 0 Å². The van der Waals surface area contributed by atoms with Crippen LogP contribution in [0.4, 0.5) is 0 Å². The molecule has 3 rings (SSSR count). The number of furan rings is 1. The summed E-state index contributed by atoms with van der Waals surface area (Å²) in [6.07, 6.45) is 13.7. The molecule has 0 aromatic carbocycles. The lowest BCUT2D eigenvalue weighted by atomic mass is 9.49. The highest BCUT2D eigenvalue weighted by Gasteiger charge is 2.53. The van der Waals surface area contributed by atoms with Crippen LogP contribution in [0.15, 0.2) is 52.7 Å². The fourth-order valence-corrected chi connectivity index (χ4v) is 4.38. The molecule has 1 saturated carbocycles. The second-order valence-corrected chi connectivity index (χ2v) is 7.32. The zero-order valence-electron chi connectivity index (χ0n) is 14.0. The topological polar surface area (TPSA) is 50.4 Å². The van der Waals surface area contributed by atoms with Crippen molar-refractivity contribution in [3.8, 4) is 0 Å². The predicted octanol–water partition coefficient (Wildman–Crippen LogP) is 4.93. The van der Waals surface area contributed by atoms with Crippen molar-refractivity contribution in [2.24, 2.45) is 22.7 Å². The molecule has 1 aromatic heterocycles. The van der Waals surface area contributed by atoms with E-state index in [9.17, 15) is 9.90 Å². The highest BCUT2D eigenvalue weighted by Crippen LogP contribution is 2.59. The second kappa shape index (κ2) is 5.55. The van der Waals surface area contributed by atoms with Crippen molar-refractivity contribution >= 4 is 12.0 Å². The molecule has 0 unspecified atom stereocenters. The zero-order valence-corrected chi connectivity index (χ0v) is 14.0. The van der Waals surface area contributed by atoms with Crippen molar-refractivity contribution in [2.75, 3.05) is 0 Å². The van der Waals surface area contributed by atoms with Gasteiger partial charge in [-0.25, -0.2) is 4.79 Å². The summed E-state index contributed by atoms with van der Waals surface area (Å²) in [6.45, 7) is 6.61. The number of allylic oxidation sites excluding steroid dienone is 4. The third-order valence-electron chi connectivity index (χ3n) is 6.08. The summed E-state index contributed by atoms with van der Waals surface area (Å²) in [7, 11) is 0. The number of hydrogen-bond donors (Lipinski definition) is 1. The summed E-state index contributed by atoms with van der Waals surface area (Å²) in [5, 5.41) is 9.62. The van der Waals surface area contributed by atoms with Gasteiger partial charge in [-0.1, -0.05) is 45.1 Å². The summed E-state index contributed by atoms with van der Waals surface area (Å²) < 4.78 is 5.42. The number of fused-ring (bicyclic) bond motifs is 1. The Labute approximate surface area is 137 Å². The molecule has 1 aromatic rings. The van der Waals surface area contributed by atoms with Crippen LogP contribution < -0.4 is 0 Å². The first-order chi connectivity index (χ1) is 10.9. The highest BCUT2D eigenvalue weighted by molar-refractivity contribution is 5.89. The summed E-state index contributed by atoms with van der Waals surface area (Å²) in [4.78, 5) is 11.7. The maximum Gasteiger partial charge on any atom is 0.332 e. The molecule has 0 aliphatic heterocycles. The maximum absolute atomic E-state index is 11.7. The largest absolute Gasteiger partial charge is 0.478 e. The molecule has 1 heterocycles. The van der Waals surface area contributed by atoms with Crippen molar-refractivity contribution in [1.82, 2.24) is 0 Å². The van der Waals surface area contributed by atoms with Crippen LogP contribution >= 0.6 is 0 Å². The second-order valence-electron chi connectivity index (χ2n) is 7.32. The molecule has 2 aliphatic rings. The van der Waals surface area contributed by atoms with E-state index in [1.165, 1.54) is 0 Å². The van der Waals surface area contributed by atoms with Crippen molar-refractivity contribution in [1.29, 1.82) is 0 Å². The predicted molar refractivity (Wildman–Crippen MR) is 90.7 cm³/mol. The minimum Gasteiger partial charge on any atom is -0.478 e. The van der Waals surface area contributed by atoms with Crippen LogP contribution in [-0.2, 0) is 4.79 Å². The first kappa shape index (κ1) is 15.9. The number of rotatable bonds is 3. The zero-order chi connectivity index (χ0) is 16.7. The van der Waals surface area contributed by atoms with Crippen LogP contribution in [0.3, 0.4) is 0 Å². The fourth-order valence-electron chi connectivity index (χ4n) is 4.38. The Kier molecular flexibility index (Phi) is 3.83. The normalized spacial score (nSPS) is 36.7. The minimum atomic E-state index is -0.797. The van der Waals surface area contributed by atoms with Gasteiger partial charge in [0.15, 0.2) is 0 Å². The summed E-state index contributed by atoms with van der Waals surface area (Å²) in [6, 6.07) is 3.81. The van der Waals surface area contributed by atoms with Crippen molar-refractivity contribution < 1.29 is 14.3 Å². The first-order valence-electron chi connectivity index (χ1n) is 8.23. The lowest BCUT2D eigenvalue weighted by Crippen LogP contribution is -2.48. The van der Waals surface area contributed by atoms with Crippen molar-refractivity contribution in [2.45, 2.75) is 33.6 Å². The highest BCUT2D eigenvalue weighted by atomic mass is 16.4. The molecule has 0 radical (unpaired) electrons. The van der Waals surface area contributed by atoms with Gasteiger partial charge in [-0.05, 0) is 48.3 Å². The molecule has 3 nitrogen and oxygen atoms in total. The van der Waals surface area contributed by atoms with E-state index in [0.717, 1.165) is 18.6 Å². The number of hydrogen-bond acceptors (Lipinski definition) is 2. The van der Waals surface area contributed by atoms with Gasteiger partial charge in [0.2, 0.25) is 0 Å². The van der Waals surface area contributed by atoms with E-state index in [1.54, 1.807) is 12.3 Å². The Morgan fingerprint density at radius 3 is 2.87 bits per heavy atom. The lowest BCUT2D eigenvalue weighted by molar-refractivity contribution is -0.135. The van der Waals surface area contributed by atoms with E-state index in [1.807, 2.05) is 24.3 Å². The standard InChI is InChI=1S/C20H24O3/c1-14-9-11-20(3)16(18(21)22)7-4-8-17(20)19(14,2)12-10-15-6-5-13-23-15/h4-8,10,12-14,17H,9,11H2,1-3H3,(H,21,22)/t14-,17-,19-,20+/m1/s1. The summed E-state index contributed by atoms with van der Waals surface area (Å²) in [5.41, 5.74) is 0.107. The van der Waals surface area contributed by atoms with E-state index in [2.05, 4.69) is 32.9 Å². The van der Waals surface area contributed by atoms with E-state index < -0.39 is 5.97 Å². The average Bonchev–Trinajstić information content (AvgIpc) is 3.02. The van der Waals surface area contributed by atoms with Crippen molar-refractivity contribution in [3.05, 3.63) is 54.0 Å². The van der Waals surface area contributed by atoms with Crippen LogP contribution in [0.2, 0.25) is 0 Å². The third-order valence-corrected chi connectivity index (χ3v) is 6.08. The van der Waals surface area contributed by atoms with Crippen molar-refractivity contribution in [3.63, 3.8) is 0 Å². The molecule has 122 valence electrons. The summed E-state index contributed by atoms with van der Waals surface area (Å²) in [5.74, 6) is 0.680. The van der Waals surface area contributed by atoms with Crippen LogP contribution in [-0.4, -0.2) is 11.1 Å². The number of carboxylic acids is 1. The van der Waals surface area contributed by atoms with Crippen LogP contribution in [0, 0.1) is 22.7 Å². The van der Waals surface area contributed by atoms with E-state index in [0.29, 0.717) is 11.5 Å².